The van der Waals surface area contributed by atoms with Gasteiger partial charge in [0.1, 0.15) is 17.7 Å². The van der Waals surface area contributed by atoms with Crippen LogP contribution in [0.3, 0.4) is 0 Å². The molecule has 3 heterocycles. The van der Waals surface area contributed by atoms with Gasteiger partial charge in [-0.3, -0.25) is 9.78 Å². The van der Waals surface area contributed by atoms with Gasteiger partial charge in [-0.15, -0.1) is 0 Å². The molecule has 2 aromatic heterocycles. The molecule has 1 N–H and O–H groups in total. The quantitative estimate of drug-likeness (QED) is 0.910. The van der Waals surface area contributed by atoms with Crippen LogP contribution in [0.5, 0.6) is 5.75 Å². The summed E-state index contributed by atoms with van der Waals surface area (Å²) in [5, 5.41) is 10.4. The Bertz CT molecular complexity index is 738. The van der Waals surface area contributed by atoms with Gasteiger partial charge in [0, 0.05) is 31.9 Å². The molecule has 1 fully saturated rings. The number of aromatic nitrogens is 3. The molecular formula is C18H22N4O3. The standard InChI is InChI=1S/C18H22N4O3/c1-12-15(11-20-13(2)21-12)18(24)22-8-5-16(23)17(6-9-22)25-14-4-3-7-19-10-14/h3-4,7,10-11,16-17,23H,5-6,8-9H2,1-2H3/t16-,17-/m0/s1. The summed E-state index contributed by atoms with van der Waals surface area (Å²) in [7, 11) is 0. The molecule has 7 heteroatoms. The summed E-state index contributed by atoms with van der Waals surface area (Å²) in [6, 6.07) is 3.59. The molecule has 25 heavy (non-hydrogen) atoms. The predicted molar refractivity (Wildman–Crippen MR) is 91.3 cm³/mol. The smallest absolute Gasteiger partial charge is 0.257 e. The van der Waals surface area contributed by atoms with Crippen LogP contribution >= 0.6 is 0 Å². The number of hydrogen-bond acceptors (Lipinski definition) is 6. The maximum absolute atomic E-state index is 12.8. The van der Waals surface area contributed by atoms with Crippen LogP contribution in [0.25, 0.3) is 0 Å². The number of ether oxygens (including phenoxy) is 1. The van der Waals surface area contributed by atoms with Crippen molar-refractivity contribution in [3.63, 3.8) is 0 Å². The number of likely N-dealkylation sites (tertiary alicyclic amines) is 1. The zero-order valence-corrected chi connectivity index (χ0v) is 14.4. The topological polar surface area (TPSA) is 88.4 Å². The summed E-state index contributed by atoms with van der Waals surface area (Å²) in [4.78, 5) is 26.9. The molecule has 1 aliphatic heterocycles. The summed E-state index contributed by atoms with van der Waals surface area (Å²) in [5.74, 6) is 1.16. The van der Waals surface area contributed by atoms with Crippen LogP contribution in [0.4, 0.5) is 0 Å². The Hall–Kier alpha value is -2.54. The van der Waals surface area contributed by atoms with E-state index in [1.165, 1.54) is 0 Å². The second-order valence-corrected chi connectivity index (χ2v) is 6.20. The maximum Gasteiger partial charge on any atom is 0.257 e. The van der Waals surface area contributed by atoms with E-state index in [9.17, 15) is 9.90 Å². The molecule has 2 aromatic rings. The number of hydrogen-bond donors (Lipinski definition) is 1. The van der Waals surface area contributed by atoms with Crippen molar-refractivity contribution in [2.45, 2.75) is 38.9 Å². The highest BCUT2D eigenvalue weighted by molar-refractivity contribution is 5.94. The molecule has 1 amide bonds. The third-order valence-corrected chi connectivity index (χ3v) is 4.35. The molecule has 0 radical (unpaired) electrons. The highest BCUT2D eigenvalue weighted by atomic mass is 16.5. The molecule has 1 saturated heterocycles. The van der Waals surface area contributed by atoms with E-state index in [0.717, 1.165) is 0 Å². The Labute approximate surface area is 146 Å². The van der Waals surface area contributed by atoms with Crippen molar-refractivity contribution < 1.29 is 14.6 Å². The van der Waals surface area contributed by atoms with Crippen molar-refractivity contribution >= 4 is 5.91 Å². The molecule has 132 valence electrons. The largest absolute Gasteiger partial charge is 0.486 e. The summed E-state index contributed by atoms with van der Waals surface area (Å²) < 4.78 is 5.85. The van der Waals surface area contributed by atoms with Gasteiger partial charge in [0.25, 0.3) is 5.91 Å². The van der Waals surface area contributed by atoms with Crippen LogP contribution in [-0.4, -0.2) is 56.2 Å². The van der Waals surface area contributed by atoms with E-state index >= 15 is 0 Å². The van der Waals surface area contributed by atoms with E-state index in [0.29, 0.717) is 48.8 Å². The Morgan fingerprint density at radius 2 is 2.08 bits per heavy atom. The van der Waals surface area contributed by atoms with Gasteiger partial charge >= 0.3 is 0 Å². The number of rotatable bonds is 3. The van der Waals surface area contributed by atoms with Gasteiger partial charge in [-0.25, -0.2) is 9.97 Å². The lowest BCUT2D eigenvalue weighted by Gasteiger charge is -2.22. The van der Waals surface area contributed by atoms with E-state index in [1.807, 2.05) is 6.92 Å². The van der Waals surface area contributed by atoms with Crippen LogP contribution in [-0.2, 0) is 0 Å². The van der Waals surface area contributed by atoms with Gasteiger partial charge < -0.3 is 14.7 Å². The molecule has 0 aliphatic carbocycles. The first-order valence-corrected chi connectivity index (χ1v) is 8.39. The first kappa shape index (κ1) is 17.3. The van der Waals surface area contributed by atoms with E-state index < -0.39 is 6.10 Å². The molecule has 0 spiro atoms. The summed E-state index contributed by atoms with van der Waals surface area (Å²) in [6.45, 7) is 4.58. The van der Waals surface area contributed by atoms with Gasteiger partial charge in [-0.05, 0) is 32.4 Å². The zero-order chi connectivity index (χ0) is 17.8. The van der Waals surface area contributed by atoms with Crippen LogP contribution in [0.15, 0.2) is 30.7 Å². The summed E-state index contributed by atoms with van der Waals surface area (Å²) >= 11 is 0. The molecule has 0 bridgehead atoms. The number of nitrogens with zero attached hydrogens (tertiary/aromatic N) is 4. The normalized spacial score (nSPS) is 20.8. The van der Waals surface area contributed by atoms with Crippen LogP contribution < -0.4 is 4.74 Å². The van der Waals surface area contributed by atoms with E-state index in [1.54, 1.807) is 42.5 Å². The molecule has 2 atom stereocenters. The molecule has 1 aliphatic rings. The average Bonchev–Trinajstić information content (AvgIpc) is 2.78. The van der Waals surface area contributed by atoms with E-state index in [2.05, 4.69) is 15.0 Å². The number of carbonyl (C=O) groups is 1. The third-order valence-electron chi connectivity index (χ3n) is 4.35. The van der Waals surface area contributed by atoms with Gasteiger partial charge in [-0.2, -0.15) is 0 Å². The zero-order valence-electron chi connectivity index (χ0n) is 14.4. The average molecular weight is 342 g/mol. The van der Waals surface area contributed by atoms with Crippen molar-refractivity contribution in [3.05, 3.63) is 47.8 Å². The molecule has 3 rings (SSSR count). The second kappa shape index (κ2) is 7.57. The van der Waals surface area contributed by atoms with Crippen molar-refractivity contribution in [2.75, 3.05) is 13.1 Å². The Balaban J connectivity index is 1.68. The number of amides is 1. The number of pyridine rings is 1. The first-order chi connectivity index (χ1) is 12.0. The minimum Gasteiger partial charge on any atom is -0.486 e. The molecule has 0 saturated carbocycles. The SMILES string of the molecule is Cc1ncc(C(=O)N2CC[C@H](Oc3cccnc3)[C@@H](O)CC2)c(C)n1. The van der Waals surface area contributed by atoms with E-state index in [-0.39, 0.29) is 12.0 Å². The van der Waals surface area contributed by atoms with Crippen molar-refractivity contribution in [2.24, 2.45) is 0 Å². The second-order valence-electron chi connectivity index (χ2n) is 6.20. The molecule has 7 nitrogen and oxygen atoms in total. The first-order valence-electron chi connectivity index (χ1n) is 8.39. The van der Waals surface area contributed by atoms with Gasteiger partial charge in [0.15, 0.2) is 0 Å². The van der Waals surface area contributed by atoms with Crippen LogP contribution in [0, 0.1) is 13.8 Å². The lowest BCUT2D eigenvalue weighted by molar-refractivity contribution is 0.0348. The molecular weight excluding hydrogens is 320 g/mol. The van der Waals surface area contributed by atoms with Crippen molar-refractivity contribution in [1.82, 2.24) is 19.9 Å². The number of aliphatic hydroxyl groups excluding tert-OH is 1. The number of aliphatic hydroxyl groups is 1. The molecule has 0 aromatic carbocycles. The highest BCUT2D eigenvalue weighted by Gasteiger charge is 2.29. The fourth-order valence-electron chi connectivity index (χ4n) is 2.96. The van der Waals surface area contributed by atoms with Gasteiger partial charge in [-0.1, -0.05) is 0 Å². The summed E-state index contributed by atoms with van der Waals surface area (Å²) in [6.07, 6.45) is 4.88. The van der Waals surface area contributed by atoms with Crippen LogP contribution in [0.2, 0.25) is 0 Å². The monoisotopic (exact) mass is 342 g/mol. The van der Waals surface area contributed by atoms with Gasteiger partial charge in [0.05, 0.1) is 23.6 Å². The van der Waals surface area contributed by atoms with Crippen LogP contribution in [0.1, 0.15) is 34.7 Å². The fourth-order valence-corrected chi connectivity index (χ4v) is 2.96. The lowest BCUT2D eigenvalue weighted by atomic mass is 10.1. The van der Waals surface area contributed by atoms with E-state index in [4.69, 9.17) is 4.74 Å². The summed E-state index contributed by atoms with van der Waals surface area (Å²) in [5.41, 5.74) is 1.18. The third kappa shape index (κ3) is 4.11. The minimum atomic E-state index is -0.631. The number of carbonyl (C=O) groups excluding carboxylic acids is 1. The maximum atomic E-state index is 12.8. The van der Waals surface area contributed by atoms with Gasteiger partial charge in [0.2, 0.25) is 0 Å². The molecule has 0 unspecified atom stereocenters. The Kier molecular flexibility index (Phi) is 5.23. The Morgan fingerprint density at radius 3 is 2.80 bits per heavy atom. The fraction of sp³-hybridized carbons (Fsp3) is 0.444. The lowest BCUT2D eigenvalue weighted by Crippen LogP contribution is -2.33. The number of aryl methyl sites for hydroxylation is 2. The minimum absolute atomic E-state index is 0.105. The van der Waals surface area contributed by atoms with Crippen molar-refractivity contribution in [3.8, 4) is 5.75 Å². The predicted octanol–water partition coefficient (Wildman–Crippen LogP) is 1.53. The highest BCUT2D eigenvalue weighted by Crippen LogP contribution is 2.20. The van der Waals surface area contributed by atoms with Crippen molar-refractivity contribution in [1.29, 1.82) is 0 Å². The Morgan fingerprint density at radius 1 is 1.28 bits per heavy atom.